The van der Waals surface area contributed by atoms with Gasteiger partial charge in [-0.15, -0.1) is 0 Å². The summed E-state index contributed by atoms with van der Waals surface area (Å²) in [6, 6.07) is 15.6. The van der Waals surface area contributed by atoms with Crippen LogP contribution < -0.4 is 14.6 Å². The molecule has 0 radical (unpaired) electrons. The van der Waals surface area contributed by atoms with Gasteiger partial charge < -0.3 is 19.4 Å². The lowest BCUT2D eigenvalue weighted by molar-refractivity contribution is -0.255. The lowest BCUT2D eigenvalue weighted by atomic mass is 10.0. The van der Waals surface area contributed by atoms with Crippen LogP contribution in [0.2, 0.25) is 0 Å². The Morgan fingerprint density at radius 2 is 1.88 bits per heavy atom. The molecule has 0 saturated carbocycles. The number of methoxy groups -OCH3 is 2. The fourth-order valence-electron chi connectivity index (χ4n) is 3.35. The zero-order valence-electron chi connectivity index (χ0n) is 17.6. The quantitative estimate of drug-likeness (QED) is 0.557. The minimum atomic E-state index is -1.28. The second-order valence-electron chi connectivity index (χ2n) is 6.98. The number of rotatable bonds is 5. The zero-order valence-corrected chi connectivity index (χ0v) is 18.4. The first-order valence-electron chi connectivity index (χ1n) is 9.63. The smallest absolute Gasteiger partial charge is 0.266 e. The molecule has 0 bridgehead atoms. The lowest BCUT2D eigenvalue weighted by Gasteiger charge is -2.11. The maximum atomic E-state index is 12.9. The molecule has 0 unspecified atom stereocenters. The standard InChI is InChI=1S/C24H20N2O5S/c1-26-22(27)21(32-24(26)25-16-6-4-5-15(11-16)23(28)29)13-19-18-12-17(30-2)9-7-14(18)8-10-20(19)31-3/h4-13H,1-3H3,(H,28,29)/p-1/b21-13-,25-24?. The number of hydrogen-bond acceptors (Lipinski definition) is 7. The van der Waals surface area contributed by atoms with E-state index in [0.29, 0.717) is 27.3 Å². The van der Waals surface area contributed by atoms with Gasteiger partial charge in [0.05, 0.1) is 30.8 Å². The van der Waals surface area contributed by atoms with E-state index in [0.717, 1.165) is 16.3 Å². The predicted octanol–water partition coefficient (Wildman–Crippen LogP) is 3.45. The molecular weight excluding hydrogens is 428 g/mol. The molecule has 0 atom stereocenters. The largest absolute Gasteiger partial charge is 0.545 e. The Morgan fingerprint density at radius 1 is 1.09 bits per heavy atom. The summed E-state index contributed by atoms with van der Waals surface area (Å²) >= 11 is 1.21. The van der Waals surface area contributed by atoms with Crippen LogP contribution in [0.3, 0.4) is 0 Å². The number of fused-ring (bicyclic) bond motifs is 1. The summed E-state index contributed by atoms with van der Waals surface area (Å²) in [5.41, 5.74) is 1.20. The van der Waals surface area contributed by atoms with Gasteiger partial charge in [-0.3, -0.25) is 9.69 Å². The molecule has 8 heteroatoms. The molecule has 162 valence electrons. The molecule has 3 aromatic rings. The molecule has 1 fully saturated rings. The van der Waals surface area contributed by atoms with Crippen molar-refractivity contribution in [3.8, 4) is 11.5 Å². The second kappa shape index (κ2) is 8.76. The van der Waals surface area contributed by atoms with E-state index in [1.165, 1.54) is 28.8 Å². The molecule has 0 spiro atoms. The third-order valence-corrected chi connectivity index (χ3v) is 6.10. The molecule has 1 heterocycles. The number of carboxylic acids is 1. The average Bonchev–Trinajstić information content (AvgIpc) is 3.06. The summed E-state index contributed by atoms with van der Waals surface area (Å²) in [4.78, 5) is 30.4. The Hall–Kier alpha value is -3.78. The molecule has 32 heavy (non-hydrogen) atoms. The maximum absolute atomic E-state index is 12.9. The van der Waals surface area contributed by atoms with Gasteiger partial charge in [0.25, 0.3) is 5.91 Å². The van der Waals surface area contributed by atoms with Crippen LogP contribution in [0, 0.1) is 0 Å². The van der Waals surface area contributed by atoms with Crippen molar-refractivity contribution in [1.29, 1.82) is 0 Å². The molecule has 7 nitrogen and oxygen atoms in total. The van der Waals surface area contributed by atoms with E-state index in [4.69, 9.17) is 9.47 Å². The zero-order chi connectivity index (χ0) is 22.8. The SMILES string of the molecule is COc1ccc2ccc(OC)c(/C=C3\SC(=Nc4cccc(C(=O)[O-])c4)N(C)C3=O)c2c1. The number of amides is 1. The lowest BCUT2D eigenvalue weighted by Crippen LogP contribution is -2.23. The minimum absolute atomic E-state index is 0.0223. The topological polar surface area (TPSA) is 91.3 Å². The summed E-state index contributed by atoms with van der Waals surface area (Å²) < 4.78 is 10.9. The summed E-state index contributed by atoms with van der Waals surface area (Å²) in [7, 11) is 4.81. The van der Waals surface area contributed by atoms with E-state index < -0.39 is 5.97 Å². The number of thioether (sulfide) groups is 1. The van der Waals surface area contributed by atoms with E-state index in [2.05, 4.69) is 4.99 Å². The van der Waals surface area contributed by atoms with Gasteiger partial charge in [-0.25, -0.2) is 4.99 Å². The minimum Gasteiger partial charge on any atom is -0.545 e. The Balaban J connectivity index is 1.77. The molecule has 0 aromatic heterocycles. The van der Waals surface area contributed by atoms with Crippen LogP contribution in [0.1, 0.15) is 15.9 Å². The highest BCUT2D eigenvalue weighted by Crippen LogP contribution is 2.38. The number of aliphatic imine (C=N–C) groups is 1. The van der Waals surface area contributed by atoms with Crippen molar-refractivity contribution in [1.82, 2.24) is 4.90 Å². The van der Waals surface area contributed by atoms with E-state index in [1.807, 2.05) is 30.3 Å². The van der Waals surface area contributed by atoms with Crippen LogP contribution in [-0.4, -0.2) is 43.2 Å². The third-order valence-electron chi connectivity index (χ3n) is 5.04. The van der Waals surface area contributed by atoms with E-state index in [1.54, 1.807) is 39.5 Å². The Bertz CT molecular complexity index is 1290. The Morgan fingerprint density at radius 3 is 2.59 bits per heavy atom. The average molecular weight is 447 g/mol. The molecular formula is C24H19N2O5S-. The normalized spacial score (nSPS) is 16.2. The van der Waals surface area contributed by atoms with Crippen LogP contribution >= 0.6 is 11.8 Å². The number of likely N-dealkylation sites (N-methyl/N-ethyl adjacent to an activating group) is 1. The van der Waals surface area contributed by atoms with E-state index in [9.17, 15) is 14.7 Å². The van der Waals surface area contributed by atoms with Crippen LogP contribution in [0.5, 0.6) is 11.5 Å². The fraction of sp³-hybridized carbons (Fsp3) is 0.125. The van der Waals surface area contributed by atoms with Crippen molar-refractivity contribution in [2.45, 2.75) is 0 Å². The Kier molecular flexibility index (Phi) is 5.87. The molecule has 0 N–H and O–H groups in total. The van der Waals surface area contributed by atoms with Crippen molar-refractivity contribution >= 4 is 51.3 Å². The van der Waals surface area contributed by atoms with Gasteiger partial charge in [0.2, 0.25) is 0 Å². The van der Waals surface area contributed by atoms with Crippen molar-refractivity contribution < 1.29 is 24.2 Å². The number of carboxylic acid groups (broad SMARTS) is 1. The molecule has 1 aliphatic heterocycles. The van der Waals surface area contributed by atoms with Gasteiger partial charge in [-0.05, 0) is 64.5 Å². The Labute approximate surface area is 189 Å². The molecule has 0 aliphatic carbocycles. The molecule has 1 amide bonds. The molecule has 4 rings (SSSR count). The van der Waals surface area contributed by atoms with Crippen LogP contribution in [0.15, 0.2) is 64.5 Å². The summed E-state index contributed by atoms with van der Waals surface area (Å²) in [5.74, 6) is -0.175. The highest BCUT2D eigenvalue weighted by Gasteiger charge is 2.31. The number of nitrogens with zero attached hydrogens (tertiary/aromatic N) is 2. The first-order chi connectivity index (χ1) is 15.4. The molecule has 3 aromatic carbocycles. The first-order valence-corrected chi connectivity index (χ1v) is 10.5. The van der Waals surface area contributed by atoms with E-state index in [-0.39, 0.29) is 11.5 Å². The van der Waals surface area contributed by atoms with Gasteiger partial charge in [0.15, 0.2) is 5.17 Å². The number of amidine groups is 1. The van der Waals surface area contributed by atoms with Crippen LogP contribution in [0.4, 0.5) is 5.69 Å². The monoisotopic (exact) mass is 447 g/mol. The van der Waals surface area contributed by atoms with Gasteiger partial charge in [-0.2, -0.15) is 0 Å². The van der Waals surface area contributed by atoms with E-state index >= 15 is 0 Å². The van der Waals surface area contributed by atoms with Gasteiger partial charge in [0, 0.05) is 12.6 Å². The van der Waals surface area contributed by atoms with Crippen LogP contribution in [0.25, 0.3) is 16.8 Å². The molecule has 1 aliphatic rings. The van der Waals surface area contributed by atoms with Gasteiger partial charge >= 0.3 is 0 Å². The van der Waals surface area contributed by atoms with Gasteiger partial charge in [0.1, 0.15) is 11.5 Å². The number of carbonyl (C=O) groups excluding carboxylic acids is 2. The number of benzene rings is 3. The van der Waals surface area contributed by atoms with Crippen molar-refractivity contribution in [2.75, 3.05) is 21.3 Å². The summed E-state index contributed by atoms with van der Waals surface area (Å²) in [5, 5.41) is 13.4. The predicted molar refractivity (Wildman–Crippen MR) is 123 cm³/mol. The van der Waals surface area contributed by atoms with Crippen LogP contribution in [-0.2, 0) is 4.79 Å². The van der Waals surface area contributed by atoms with Gasteiger partial charge in [-0.1, -0.05) is 24.3 Å². The number of aromatic carboxylic acids is 1. The highest BCUT2D eigenvalue weighted by molar-refractivity contribution is 8.18. The number of ether oxygens (including phenoxy) is 2. The highest BCUT2D eigenvalue weighted by atomic mass is 32.2. The summed E-state index contributed by atoms with van der Waals surface area (Å²) in [6.45, 7) is 0. The molecule has 1 saturated heterocycles. The summed E-state index contributed by atoms with van der Waals surface area (Å²) in [6.07, 6.45) is 1.78. The van der Waals surface area contributed by atoms with Crippen molar-refractivity contribution in [3.63, 3.8) is 0 Å². The maximum Gasteiger partial charge on any atom is 0.266 e. The number of carbonyl (C=O) groups is 2. The fourth-order valence-corrected chi connectivity index (χ4v) is 4.32. The third kappa shape index (κ3) is 4.04. The second-order valence-corrected chi connectivity index (χ2v) is 7.98. The first kappa shape index (κ1) is 21.5. The van der Waals surface area contributed by atoms with Crippen molar-refractivity contribution in [3.05, 3.63) is 70.6 Å². The van der Waals surface area contributed by atoms with Crippen molar-refractivity contribution in [2.24, 2.45) is 4.99 Å². The number of hydrogen-bond donors (Lipinski definition) is 0.